The van der Waals surface area contributed by atoms with Crippen molar-refractivity contribution in [3.63, 3.8) is 0 Å². The molecule has 2 aromatic heterocycles. The van der Waals surface area contributed by atoms with E-state index >= 15 is 0 Å². The lowest BCUT2D eigenvalue weighted by Crippen LogP contribution is -2.13. The highest BCUT2D eigenvalue weighted by atomic mass is 32.1. The number of carbonyl (C=O) groups is 1. The molecule has 2 N–H and O–H groups in total. The van der Waals surface area contributed by atoms with Crippen LogP contribution in [0.1, 0.15) is 15.4 Å². The molecular weight excluding hydrogens is 440 g/mol. The van der Waals surface area contributed by atoms with Crippen molar-refractivity contribution in [3.8, 4) is 27.9 Å². The first-order chi connectivity index (χ1) is 15.4. The number of hydrogen-bond donors (Lipinski definition) is 2. The summed E-state index contributed by atoms with van der Waals surface area (Å²) >= 11 is 1.33. The Bertz CT molecular complexity index is 1300. The smallest absolute Gasteiger partial charge is 0.272 e. The van der Waals surface area contributed by atoms with Crippen LogP contribution in [0.5, 0.6) is 5.75 Å². The van der Waals surface area contributed by atoms with E-state index in [0.29, 0.717) is 22.5 Å². The highest BCUT2D eigenvalue weighted by molar-refractivity contribution is 7.15. The van der Waals surface area contributed by atoms with E-state index in [2.05, 4.69) is 25.8 Å². The molecule has 0 saturated carbocycles. The van der Waals surface area contributed by atoms with Gasteiger partial charge in [0.2, 0.25) is 5.82 Å². The molecule has 1 amide bonds. The van der Waals surface area contributed by atoms with Crippen LogP contribution in [0.25, 0.3) is 22.2 Å². The van der Waals surface area contributed by atoms with Crippen LogP contribution in [0.4, 0.5) is 20.3 Å². The van der Waals surface area contributed by atoms with Gasteiger partial charge in [-0.1, -0.05) is 11.2 Å². The lowest BCUT2D eigenvalue weighted by Gasteiger charge is -2.09. The summed E-state index contributed by atoms with van der Waals surface area (Å²) in [5.74, 6) is -1.37. The molecule has 0 bridgehead atoms. The number of carbonyl (C=O) groups excluding carboxylic acids is 1. The predicted molar refractivity (Wildman–Crippen MR) is 116 cm³/mol. The zero-order valence-electron chi connectivity index (χ0n) is 17.2. The Morgan fingerprint density at radius 3 is 2.72 bits per heavy atom. The Kier molecular flexibility index (Phi) is 5.82. The van der Waals surface area contributed by atoms with Gasteiger partial charge < -0.3 is 19.9 Å². The lowest BCUT2D eigenvalue weighted by atomic mass is 10.1. The van der Waals surface area contributed by atoms with Crippen LogP contribution in [-0.4, -0.2) is 35.2 Å². The molecule has 4 aromatic rings. The second kappa shape index (κ2) is 8.71. The van der Waals surface area contributed by atoms with Crippen LogP contribution in [0.2, 0.25) is 0 Å². The first-order valence-corrected chi connectivity index (χ1v) is 10.2. The van der Waals surface area contributed by atoms with E-state index in [4.69, 9.17) is 9.26 Å². The third kappa shape index (κ3) is 4.14. The molecule has 4 rings (SSSR count). The fourth-order valence-corrected chi connectivity index (χ4v) is 3.79. The molecule has 32 heavy (non-hydrogen) atoms. The largest absolute Gasteiger partial charge is 0.497 e. The van der Waals surface area contributed by atoms with Crippen LogP contribution in [-0.2, 0) is 0 Å². The maximum absolute atomic E-state index is 14.5. The topological polar surface area (TPSA) is 102 Å². The number of nitrogens with zero attached hydrogens (tertiary/aromatic N) is 3. The second-order valence-electron chi connectivity index (χ2n) is 6.58. The summed E-state index contributed by atoms with van der Waals surface area (Å²) in [4.78, 5) is 21.7. The van der Waals surface area contributed by atoms with Crippen molar-refractivity contribution in [1.29, 1.82) is 0 Å². The van der Waals surface area contributed by atoms with Gasteiger partial charge in [-0.25, -0.2) is 13.8 Å². The molecule has 0 saturated heterocycles. The van der Waals surface area contributed by atoms with Gasteiger partial charge in [-0.15, -0.1) is 11.3 Å². The van der Waals surface area contributed by atoms with Gasteiger partial charge >= 0.3 is 0 Å². The zero-order valence-corrected chi connectivity index (χ0v) is 18.0. The summed E-state index contributed by atoms with van der Waals surface area (Å²) in [6.45, 7) is 1.82. The minimum Gasteiger partial charge on any atom is -0.497 e. The Morgan fingerprint density at radius 2 is 1.97 bits per heavy atom. The number of anilines is 2. The average Bonchev–Trinajstić information content (AvgIpc) is 3.41. The van der Waals surface area contributed by atoms with Crippen LogP contribution >= 0.6 is 11.3 Å². The third-order valence-electron chi connectivity index (χ3n) is 4.47. The SMILES string of the molecule is CNc1nc(C)sc1-c1nc(-c2cc(NC(=O)c3cccc(OC)c3)c(F)cc2F)no1. The number of hydrogen-bond acceptors (Lipinski definition) is 8. The van der Waals surface area contributed by atoms with E-state index in [0.717, 1.165) is 11.1 Å². The molecule has 0 atom stereocenters. The molecule has 2 heterocycles. The molecule has 8 nitrogen and oxygen atoms in total. The summed E-state index contributed by atoms with van der Waals surface area (Å²) < 4.78 is 39.3. The van der Waals surface area contributed by atoms with E-state index in [-0.39, 0.29) is 28.5 Å². The van der Waals surface area contributed by atoms with Gasteiger partial charge in [0.25, 0.3) is 11.8 Å². The van der Waals surface area contributed by atoms with Crippen LogP contribution < -0.4 is 15.4 Å². The van der Waals surface area contributed by atoms with Gasteiger partial charge in [0.15, 0.2) is 0 Å². The monoisotopic (exact) mass is 457 g/mol. The Morgan fingerprint density at radius 1 is 1.16 bits per heavy atom. The number of amides is 1. The Hall–Kier alpha value is -3.86. The quantitative estimate of drug-likeness (QED) is 0.431. The van der Waals surface area contributed by atoms with Crippen LogP contribution in [0.3, 0.4) is 0 Å². The van der Waals surface area contributed by atoms with E-state index in [1.807, 2.05) is 6.92 Å². The van der Waals surface area contributed by atoms with Crippen molar-refractivity contribution in [1.82, 2.24) is 15.1 Å². The molecule has 0 aliphatic carbocycles. The van der Waals surface area contributed by atoms with Gasteiger partial charge in [0.05, 0.1) is 23.4 Å². The Labute approximate surface area is 185 Å². The molecular formula is C21H17F2N5O3S. The number of halogens is 2. The maximum atomic E-state index is 14.5. The summed E-state index contributed by atoms with van der Waals surface area (Å²) in [5.41, 5.74) is -0.115. The van der Waals surface area contributed by atoms with Gasteiger partial charge in [0.1, 0.15) is 28.1 Å². The minimum absolute atomic E-state index is 0.0949. The van der Waals surface area contributed by atoms with Gasteiger partial charge in [0, 0.05) is 18.7 Å². The normalized spacial score (nSPS) is 10.8. The summed E-state index contributed by atoms with van der Waals surface area (Å²) in [6, 6.07) is 8.12. The molecule has 0 fully saturated rings. The van der Waals surface area contributed by atoms with Crippen molar-refractivity contribution in [3.05, 3.63) is 58.6 Å². The summed E-state index contributed by atoms with van der Waals surface area (Å²) in [5, 5.41) is 9.95. The number of aromatic nitrogens is 3. The molecule has 0 radical (unpaired) electrons. The van der Waals surface area contributed by atoms with Crippen molar-refractivity contribution in [2.45, 2.75) is 6.92 Å². The molecule has 0 spiro atoms. The molecule has 0 unspecified atom stereocenters. The number of methoxy groups -OCH3 is 1. The number of rotatable bonds is 6. The number of nitrogens with one attached hydrogen (secondary N) is 2. The zero-order chi connectivity index (χ0) is 22.8. The summed E-state index contributed by atoms with van der Waals surface area (Å²) in [6.07, 6.45) is 0. The van der Waals surface area contributed by atoms with Crippen LogP contribution in [0.15, 0.2) is 40.9 Å². The molecule has 164 valence electrons. The number of ether oxygens (including phenoxy) is 1. The van der Waals surface area contributed by atoms with E-state index < -0.39 is 17.5 Å². The molecule has 2 aromatic carbocycles. The van der Waals surface area contributed by atoms with E-state index in [1.165, 1.54) is 24.5 Å². The van der Waals surface area contributed by atoms with Crippen molar-refractivity contribution < 1.29 is 22.8 Å². The van der Waals surface area contributed by atoms with Gasteiger partial charge in [-0.3, -0.25) is 4.79 Å². The highest BCUT2D eigenvalue weighted by Crippen LogP contribution is 2.34. The standard InChI is InChI=1S/C21H17F2N5O3S/c1-10-25-19(24-2)17(32-10)21-27-18(28-31-21)13-8-16(15(23)9-14(13)22)26-20(29)11-5-4-6-12(7-11)30-3/h4-9,24H,1-3H3,(H,26,29). The van der Waals surface area contributed by atoms with Crippen molar-refractivity contribution in [2.75, 3.05) is 24.8 Å². The molecule has 0 aliphatic rings. The Balaban J connectivity index is 1.66. The maximum Gasteiger partial charge on any atom is 0.272 e. The fourth-order valence-electron chi connectivity index (χ4n) is 2.94. The molecule has 0 aliphatic heterocycles. The van der Waals surface area contributed by atoms with E-state index in [9.17, 15) is 13.6 Å². The fraction of sp³-hybridized carbons (Fsp3) is 0.143. The lowest BCUT2D eigenvalue weighted by molar-refractivity contribution is 0.102. The van der Waals surface area contributed by atoms with E-state index in [1.54, 1.807) is 25.2 Å². The first-order valence-electron chi connectivity index (χ1n) is 9.33. The summed E-state index contributed by atoms with van der Waals surface area (Å²) in [7, 11) is 3.17. The van der Waals surface area contributed by atoms with Gasteiger partial charge in [-0.05, 0) is 31.2 Å². The second-order valence-corrected chi connectivity index (χ2v) is 7.78. The number of benzene rings is 2. The first kappa shape index (κ1) is 21.4. The highest BCUT2D eigenvalue weighted by Gasteiger charge is 2.21. The van der Waals surface area contributed by atoms with Gasteiger partial charge in [-0.2, -0.15) is 4.98 Å². The van der Waals surface area contributed by atoms with Crippen molar-refractivity contribution in [2.24, 2.45) is 0 Å². The number of aryl methyl sites for hydroxylation is 1. The molecule has 11 heteroatoms. The van der Waals surface area contributed by atoms with Crippen molar-refractivity contribution >= 4 is 28.7 Å². The average molecular weight is 457 g/mol. The third-order valence-corrected chi connectivity index (χ3v) is 5.43. The number of thiazole rings is 1. The predicted octanol–water partition coefficient (Wildman–Crippen LogP) is 4.75. The van der Waals surface area contributed by atoms with Crippen LogP contribution in [0, 0.1) is 18.6 Å². The minimum atomic E-state index is -0.943.